The van der Waals surface area contributed by atoms with Crippen molar-refractivity contribution in [3.8, 4) is 17.2 Å². The topological polar surface area (TPSA) is 121 Å². The van der Waals surface area contributed by atoms with Gasteiger partial charge in [0.05, 0.1) is 0 Å². The van der Waals surface area contributed by atoms with E-state index in [4.69, 9.17) is 4.74 Å². The Kier molecular flexibility index (Phi) is 5.57. The number of halogens is 1. The van der Waals surface area contributed by atoms with Gasteiger partial charge in [0.25, 0.3) is 5.91 Å². The van der Waals surface area contributed by atoms with Gasteiger partial charge in [-0.1, -0.05) is 18.2 Å². The van der Waals surface area contributed by atoms with Crippen LogP contribution in [-0.4, -0.2) is 31.0 Å². The number of amides is 1. The average molecular weight is 458 g/mol. The first-order valence-corrected chi connectivity index (χ1v) is 11.0. The Balaban J connectivity index is 1.51. The summed E-state index contributed by atoms with van der Waals surface area (Å²) in [5.74, 6) is -0.701. The zero-order valence-corrected chi connectivity index (χ0v) is 17.7. The van der Waals surface area contributed by atoms with Crippen LogP contribution in [-0.2, 0) is 21.5 Å². The van der Waals surface area contributed by atoms with Crippen LogP contribution in [0.15, 0.2) is 54.6 Å². The number of hydrogen-bond acceptors (Lipinski definition) is 7. The predicted molar refractivity (Wildman–Crippen MR) is 115 cm³/mol. The van der Waals surface area contributed by atoms with Crippen molar-refractivity contribution in [1.82, 2.24) is 9.71 Å². The van der Waals surface area contributed by atoms with E-state index in [0.29, 0.717) is 32.9 Å². The summed E-state index contributed by atoms with van der Waals surface area (Å²) in [6.07, 6.45) is 0. The highest BCUT2D eigenvalue weighted by atomic mass is 32.2. The number of benzene rings is 2. The molecule has 1 saturated heterocycles. The molecule has 0 aliphatic carbocycles. The molecule has 1 fully saturated rings. The van der Waals surface area contributed by atoms with Gasteiger partial charge in [-0.25, -0.2) is 18.4 Å². The number of phenols is 1. The van der Waals surface area contributed by atoms with E-state index in [1.54, 1.807) is 23.8 Å². The molecule has 1 amide bonds. The standard InChI is InChI=1S/C21H19FN4O5S/c1-13-7-16(31-15-5-3-2-4-6-15)10-19(24-13)23-11-14-8-17(22)21(18(27)9-14)26-12-20(28)25-32(26,29)30/h2-10,27H,11-12H2,1H3,(H,23,24)(H,25,28). The number of nitrogens with one attached hydrogen (secondary N) is 2. The summed E-state index contributed by atoms with van der Waals surface area (Å²) in [5.41, 5.74) is 0.453. The first kappa shape index (κ1) is 21.4. The molecule has 0 radical (unpaired) electrons. The number of hydrogen-bond donors (Lipinski definition) is 3. The molecule has 11 heteroatoms. The largest absolute Gasteiger partial charge is 0.506 e. The normalized spacial score (nSPS) is 14.8. The van der Waals surface area contributed by atoms with Crippen molar-refractivity contribution in [3.05, 3.63) is 71.7 Å². The molecule has 2 heterocycles. The predicted octanol–water partition coefficient (Wildman–Crippen LogP) is 2.82. The van der Waals surface area contributed by atoms with Gasteiger partial charge in [0.15, 0.2) is 5.82 Å². The van der Waals surface area contributed by atoms with Crippen LogP contribution in [0.1, 0.15) is 11.3 Å². The smallest absolute Gasteiger partial charge is 0.326 e. The Bertz CT molecular complexity index is 1260. The Morgan fingerprint density at radius 1 is 1.19 bits per heavy atom. The van der Waals surface area contributed by atoms with E-state index in [1.165, 1.54) is 6.07 Å². The van der Waals surface area contributed by atoms with Crippen LogP contribution in [0.2, 0.25) is 0 Å². The van der Waals surface area contributed by atoms with Crippen molar-refractivity contribution in [3.63, 3.8) is 0 Å². The van der Waals surface area contributed by atoms with Crippen molar-refractivity contribution in [2.75, 3.05) is 16.2 Å². The van der Waals surface area contributed by atoms with Crippen molar-refractivity contribution in [2.45, 2.75) is 13.5 Å². The van der Waals surface area contributed by atoms with Gasteiger partial charge in [-0.3, -0.25) is 4.79 Å². The minimum atomic E-state index is -4.24. The van der Waals surface area contributed by atoms with E-state index >= 15 is 0 Å². The maximum absolute atomic E-state index is 14.7. The second kappa shape index (κ2) is 8.35. The minimum Gasteiger partial charge on any atom is -0.506 e. The molecule has 1 aromatic heterocycles. The molecule has 4 rings (SSSR count). The van der Waals surface area contributed by atoms with Crippen molar-refractivity contribution in [1.29, 1.82) is 0 Å². The fourth-order valence-corrected chi connectivity index (χ4v) is 4.41. The summed E-state index contributed by atoms with van der Waals surface area (Å²) in [6, 6.07) is 15.0. The summed E-state index contributed by atoms with van der Waals surface area (Å²) in [5, 5.41) is 13.3. The molecular formula is C21H19FN4O5S. The van der Waals surface area contributed by atoms with E-state index in [0.717, 1.165) is 6.07 Å². The van der Waals surface area contributed by atoms with Crippen LogP contribution in [0.4, 0.5) is 15.9 Å². The van der Waals surface area contributed by atoms with Crippen LogP contribution in [0.5, 0.6) is 17.2 Å². The highest BCUT2D eigenvalue weighted by Crippen LogP contribution is 2.34. The lowest BCUT2D eigenvalue weighted by atomic mass is 10.1. The van der Waals surface area contributed by atoms with Crippen LogP contribution >= 0.6 is 0 Å². The highest BCUT2D eigenvalue weighted by molar-refractivity contribution is 7.92. The number of aryl methyl sites for hydroxylation is 1. The molecule has 166 valence electrons. The number of pyridine rings is 1. The molecule has 0 unspecified atom stereocenters. The number of para-hydroxylation sites is 1. The van der Waals surface area contributed by atoms with E-state index < -0.39 is 39.9 Å². The summed E-state index contributed by atoms with van der Waals surface area (Å²) in [6.45, 7) is 1.28. The number of aromatic nitrogens is 1. The van der Waals surface area contributed by atoms with E-state index in [2.05, 4.69) is 10.3 Å². The Hall–Kier alpha value is -3.86. The molecule has 0 atom stereocenters. The third kappa shape index (κ3) is 4.57. The lowest BCUT2D eigenvalue weighted by Crippen LogP contribution is -2.30. The van der Waals surface area contributed by atoms with E-state index in [-0.39, 0.29) is 6.54 Å². The Labute approximate surface area is 183 Å². The molecule has 0 bridgehead atoms. The fraction of sp³-hybridized carbons (Fsp3) is 0.143. The molecule has 0 spiro atoms. The first-order valence-electron chi connectivity index (χ1n) is 9.51. The molecule has 3 aromatic rings. The minimum absolute atomic E-state index is 0.0932. The Morgan fingerprint density at radius 2 is 1.94 bits per heavy atom. The van der Waals surface area contributed by atoms with Crippen LogP contribution in [0, 0.1) is 12.7 Å². The molecule has 1 aliphatic rings. The second-order valence-electron chi connectivity index (χ2n) is 7.08. The third-order valence-corrected chi connectivity index (χ3v) is 5.93. The van der Waals surface area contributed by atoms with Crippen LogP contribution in [0.25, 0.3) is 0 Å². The second-order valence-corrected chi connectivity index (χ2v) is 8.68. The van der Waals surface area contributed by atoms with Gasteiger partial charge >= 0.3 is 10.2 Å². The summed E-state index contributed by atoms with van der Waals surface area (Å²) in [4.78, 5) is 15.8. The van der Waals surface area contributed by atoms with Gasteiger partial charge < -0.3 is 15.2 Å². The number of nitrogens with zero attached hydrogens (tertiary/aromatic N) is 2. The van der Waals surface area contributed by atoms with Gasteiger partial charge in [0.2, 0.25) is 0 Å². The van der Waals surface area contributed by atoms with Crippen molar-refractivity contribution in [2.24, 2.45) is 0 Å². The van der Waals surface area contributed by atoms with Crippen molar-refractivity contribution >= 4 is 27.6 Å². The van der Waals surface area contributed by atoms with E-state index in [9.17, 15) is 22.7 Å². The van der Waals surface area contributed by atoms with Crippen molar-refractivity contribution < 1.29 is 27.4 Å². The first-order chi connectivity index (χ1) is 15.2. The SMILES string of the molecule is Cc1cc(Oc2ccccc2)cc(NCc2cc(O)c(N3CC(=O)NS3(=O)=O)c(F)c2)n1. The number of carbonyl (C=O) groups excluding carboxylic acids is 1. The molecule has 0 saturated carbocycles. The lowest BCUT2D eigenvalue weighted by molar-refractivity contribution is -0.117. The van der Waals surface area contributed by atoms with Gasteiger partial charge in [0.1, 0.15) is 35.3 Å². The number of phenolic OH excluding ortho intramolecular Hbond substituents is 1. The quantitative estimate of drug-likeness (QED) is 0.519. The van der Waals surface area contributed by atoms with Gasteiger partial charge in [0, 0.05) is 24.4 Å². The molecular weight excluding hydrogens is 439 g/mol. The van der Waals surface area contributed by atoms with Crippen LogP contribution < -0.4 is 19.1 Å². The zero-order valence-electron chi connectivity index (χ0n) is 16.9. The van der Waals surface area contributed by atoms with Crippen LogP contribution in [0.3, 0.4) is 0 Å². The third-order valence-electron chi connectivity index (χ3n) is 4.55. The maximum atomic E-state index is 14.7. The zero-order chi connectivity index (χ0) is 22.9. The van der Waals surface area contributed by atoms with Gasteiger partial charge in [-0.2, -0.15) is 8.42 Å². The fourth-order valence-electron chi connectivity index (χ4n) is 3.24. The highest BCUT2D eigenvalue weighted by Gasteiger charge is 2.37. The number of rotatable bonds is 6. The van der Waals surface area contributed by atoms with Gasteiger partial charge in [-0.15, -0.1) is 0 Å². The summed E-state index contributed by atoms with van der Waals surface area (Å²) in [7, 11) is -4.24. The monoisotopic (exact) mass is 458 g/mol. The summed E-state index contributed by atoms with van der Waals surface area (Å²) >= 11 is 0. The molecule has 3 N–H and O–H groups in total. The van der Waals surface area contributed by atoms with E-state index in [1.807, 2.05) is 30.3 Å². The lowest BCUT2D eigenvalue weighted by Gasteiger charge is -2.18. The molecule has 1 aliphatic heterocycles. The molecule has 2 aromatic carbocycles. The number of anilines is 2. The molecule has 9 nitrogen and oxygen atoms in total. The summed E-state index contributed by atoms with van der Waals surface area (Å²) < 4.78 is 46.6. The number of aromatic hydroxyl groups is 1. The Morgan fingerprint density at radius 3 is 2.59 bits per heavy atom. The average Bonchev–Trinajstić information content (AvgIpc) is 2.98. The maximum Gasteiger partial charge on any atom is 0.326 e. The number of ether oxygens (including phenoxy) is 1. The van der Waals surface area contributed by atoms with Gasteiger partial charge in [-0.05, 0) is 36.8 Å². The number of carbonyl (C=O) groups is 1. The molecule has 32 heavy (non-hydrogen) atoms.